The molecule has 31 heavy (non-hydrogen) atoms. The number of alkyl halides is 5. The van der Waals surface area contributed by atoms with Crippen LogP contribution in [0.4, 0.5) is 13.2 Å². The van der Waals surface area contributed by atoms with E-state index in [2.05, 4.69) is 4.99 Å². The zero-order chi connectivity index (χ0) is 23.3. The first-order valence-corrected chi connectivity index (χ1v) is 11.0. The monoisotopic (exact) mass is 506 g/mol. The van der Waals surface area contributed by atoms with E-state index in [4.69, 9.17) is 32.7 Å². The first-order valence-electron chi connectivity index (χ1n) is 9.01. The van der Waals surface area contributed by atoms with Crippen molar-refractivity contribution in [2.75, 3.05) is 19.4 Å². The number of halogens is 5. The van der Waals surface area contributed by atoms with Crippen LogP contribution in [0, 0.1) is 0 Å². The molecule has 0 spiro atoms. The van der Waals surface area contributed by atoms with Gasteiger partial charge in [0.1, 0.15) is 35.5 Å². The molecule has 2 heterocycles. The molecule has 0 radical (unpaired) electrons. The largest absolute Gasteiger partial charge is 0.508 e. The Morgan fingerprint density at radius 2 is 1.77 bits per heavy atom. The molecular weight excluding hydrogens is 484 g/mol. The second kappa shape index (κ2) is 11.3. The number of aliphatic hydroxyl groups excluding tert-OH is 2. The van der Waals surface area contributed by atoms with Gasteiger partial charge < -0.3 is 29.7 Å². The summed E-state index contributed by atoms with van der Waals surface area (Å²) < 4.78 is 51.5. The predicted octanol–water partition coefficient (Wildman–Crippen LogP) is 2.74. The molecule has 3 N–H and O–H groups in total. The number of amidine groups is 1. The molecule has 7 nitrogen and oxygen atoms in total. The minimum absolute atomic E-state index is 0.0220. The lowest BCUT2D eigenvalue weighted by Crippen LogP contribution is -2.61. The summed E-state index contributed by atoms with van der Waals surface area (Å²) in [7, 11) is 3.42. The van der Waals surface area contributed by atoms with Gasteiger partial charge in [-0.3, -0.25) is 4.99 Å². The van der Waals surface area contributed by atoms with E-state index >= 15 is 0 Å². The topological polar surface area (TPSA) is 94.8 Å². The van der Waals surface area contributed by atoms with Gasteiger partial charge in [-0.2, -0.15) is 13.2 Å². The normalized spacial score (nSPS) is 28.8. The van der Waals surface area contributed by atoms with E-state index in [-0.39, 0.29) is 11.1 Å². The number of hydrogen-bond acceptors (Lipinski definition) is 8. The Labute approximate surface area is 191 Å². The fraction of sp³-hybridized carbons (Fsp3) is 0.611. The molecule has 1 saturated heterocycles. The summed E-state index contributed by atoms with van der Waals surface area (Å²) in [6.45, 7) is -0.409. The van der Waals surface area contributed by atoms with Crippen molar-refractivity contribution in [3.63, 3.8) is 0 Å². The van der Waals surface area contributed by atoms with Crippen LogP contribution in [0.2, 0.25) is 0 Å². The number of rotatable bonds is 4. The van der Waals surface area contributed by atoms with Crippen LogP contribution in [0.1, 0.15) is 5.56 Å². The smallest absolute Gasteiger partial charge is 0.417 e. The molecule has 13 heteroatoms. The standard InChI is InChI=1S/C17H21F3N2O5S.CH2Cl2/c1-22(2)16-21-10-11(24)12(25)13(27-15(10)28-16)14(17(18,19)20)26-7-8-3-5-9(23)6-4-8;2-1-3/h3-6,10-15,23-25H,7H2,1-2H3;1H2/t10-,11-,12+,13+,14-,15-;/m1./s1. The first-order chi connectivity index (χ1) is 14.5. The maximum Gasteiger partial charge on any atom is 0.417 e. The van der Waals surface area contributed by atoms with Gasteiger partial charge in [-0.1, -0.05) is 23.9 Å². The van der Waals surface area contributed by atoms with Gasteiger partial charge in [-0.15, -0.1) is 23.2 Å². The summed E-state index contributed by atoms with van der Waals surface area (Å²) >= 11 is 10.6. The number of thioether (sulfide) groups is 1. The van der Waals surface area contributed by atoms with Gasteiger partial charge in [0.2, 0.25) is 0 Å². The molecule has 0 unspecified atom stereocenters. The molecule has 0 aromatic heterocycles. The lowest BCUT2D eigenvalue weighted by molar-refractivity contribution is -0.286. The molecule has 2 aliphatic rings. The fourth-order valence-electron chi connectivity index (χ4n) is 2.99. The van der Waals surface area contributed by atoms with Crippen molar-refractivity contribution in [2.24, 2.45) is 4.99 Å². The van der Waals surface area contributed by atoms with Crippen LogP contribution in [0.3, 0.4) is 0 Å². The van der Waals surface area contributed by atoms with Crippen LogP contribution in [-0.2, 0) is 16.1 Å². The van der Waals surface area contributed by atoms with E-state index in [9.17, 15) is 28.5 Å². The van der Waals surface area contributed by atoms with Gasteiger partial charge in [0, 0.05) is 14.1 Å². The van der Waals surface area contributed by atoms with Crippen molar-refractivity contribution in [1.29, 1.82) is 0 Å². The van der Waals surface area contributed by atoms with Gasteiger partial charge in [-0.25, -0.2) is 0 Å². The van der Waals surface area contributed by atoms with E-state index in [0.29, 0.717) is 10.7 Å². The van der Waals surface area contributed by atoms with E-state index in [1.165, 1.54) is 24.3 Å². The highest BCUT2D eigenvalue weighted by molar-refractivity contribution is 8.14. The van der Waals surface area contributed by atoms with E-state index in [1.54, 1.807) is 19.0 Å². The molecule has 0 bridgehead atoms. The number of aliphatic imine (C=N–C) groups is 1. The lowest BCUT2D eigenvalue weighted by atomic mass is 9.94. The number of benzene rings is 1. The van der Waals surface area contributed by atoms with Gasteiger partial charge in [-0.05, 0) is 17.7 Å². The van der Waals surface area contributed by atoms with Gasteiger partial charge in [0.25, 0.3) is 0 Å². The van der Waals surface area contributed by atoms with E-state index in [1.807, 2.05) is 0 Å². The Morgan fingerprint density at radius 1 is 1.19 bits per heavy atom. The number of phenols is 1. The summed E-state index contributed by atoms with van der Waals surface area (Å²) in [5.74, 6) is -0.0220. The maximum atomic E-state index is 13.6. The predicted molar refractivity (Wildman–Crippen MR) is 112 cm³/mol. The van der Waals surface area contributed by atoms with Crippen molar-refractivity contribution >= 4 is 40.1 Å². The van der Waals surface area contributed by atoms with E-state index in [0.717, 1.165) is 11.8 Å². The zero-order valence-corrected chi connectivity index (χ0v) is 18.9. The fourth-order valence-corrected chi connectivity index (χ4v) is 4.14. The maximum absolute atomic E-state index is 13.6. The molecule has 0 saturated carbocycles. The molecule has 0 amide bonds. The molecule has 2 aliphatic heterocycles. The summed E-state index contributed by atoms with van der Waals surface area (Å²) in [6, 6.07) is 4.65. The summed E-state index contributed by atoms with van der Waals surface area (Å²) in [5.41, 5.74) is -0.452. The molecule has 3 rings (SSSR count). The highest BCUT2D eigenvalue weighted by atomic mass is 35.5. The van der Waals surface area contributed by atoms with Crippen molar-refractivity contribution in [3.8, 4) is 5.75 Å². The third kappa shape index (κ3) is 6.77. The minimum atomic E-state index is -4.83. The first kappa shape index (κ1) is 26.3. The Bertz CT molecular complexity index is 742. The second-order valence-electron chi connectivity index (χ2n) is 6.91. The Morgan fingerprint density at radius 3 is 2.29 bits per heavy atom. The second-order valence-corrected chi connectivity index (χ2v) is 8.78. The number of fused-ring (bicyclic) bond motifs is 1. The third-order valence-corrected chi connectivity index (χ3v) is 5.76. The molecule has 1 aromatic carbocycles. The van der Waals surface area contributed by atoms with Crippen molar-refractivity contribution in [3.05, 3.63) is 29.8 Å². The van der Waals surface area contributed by atoms with Gasteiger partial charge in [0.15, 0.2) is 11.3 Å². The van der Waals surface area contributed by atoms with Gasteiger partial charge >= 0.3 is 6.18 Å². The number of aliphatic hydroxyl groups is 2. The number of phenolic OH excluding ortho intramolecular Hbond substituents is 1. The molecule has 1 fully saturated rings. The quantitative estimate of drug-likeness (QED) is 0.540. The SMILES string of the molecule is CN(C)C1=N[C@@H]2[C@@H](O)[C@H](O)[C@@H]([C@@H](OCc3ccc(O)cc3)C(F)(F)F)O[C@@H]2S1.ClCCl. The number of hydrogen-bond donors (Lipinski definition) is 3. The van der Waals surface area contributed by atoms with Crippen molar-refractivity contribution in [1.82, 2.24) is 4.90 Å². The molecule has 6 atom stereocenters. The summed E-state index contributed by atoms with van der Waals surface area (Å²) in [6.07, 6.45) is -12.4. The Kier molecular flexibility index (Phi) is 9.56. The van der Waals surface area contributed by atoms with Crippen LogP contribution in [0.15, 0.2) is 29.3 Å². The van der Waals surface area contributed by atoms with Crippen LogP contribution >= 0.6 is 35.0 Å². The van der Waals surface area contributed by atoms with Gasteiger partial charge in [0.05, 0.1) is 11.9 Å². The van der Waals surface area contributed by atoms with Crippen LogP contribution < -0.4 is 0 Å². The summed E-state index contributed by atoms with van der Waals surface area (Å²) in [5, 5.41) is 30.6. The number of nitrogens with zero attached hydrogens (tertiary/aromatic N) is 2. The molecule has 176 valence electrons. The highest BCUT2D eigenvalue weighted by Crippen LogP contribution is 2.41. The molecule has 0 aliphatic carbocycles. The third-order valence-electron chi connectivity index (χ3n) is 4.46. The van der Waals surface area contributed by atoms with Crippen LogP contribution in [0.5, 0.6) is 5.75 Å². The minimum Gasteiger partial charge on any atom is -0.508 e. The Hall–Kier alpha value is -0.950. The van der Waals surface area contributed by atoms with E-state index < -0.39 is 48.7 Å². The molecular formula is C18H23Cl2F3N2O5S. The van der Waals surface area contributed by atoms with Crippen molar-refractivity contribution in [2.45, 2.75) is 48.7 Å². The van der Waals surface area contributed by atoms with Crippen LogP contribution in [-0.4, -0.2) is 86.9 Å². The average Bonchev–Trinajstić information content (AvgIpc) is 3.11. The van der Waals surface area contributed by atoms with Crippen molar-refractivity contribution < 1.29 is 38.0 Å². The number of ether oxygens (including phenoxy) is 2. The molecule has 1 aromatic rings. The Balaban J connectivity index is 0.00000107. The number of aromatic hydroxyl groups is 1. The summed E-state index contributed by atoms with van der Waals surface area (Å²) in [4.78, 5) is 5.88. The average molecular weight is 507 g/mol. The highest BCUT2D eigenvalue weighted by Gasteiger charge is 2.57. The van der Waals surface area contributed by atoms with Crippen LogP contribution in [0.25, 0.3) is 0 Å². The zero-order valence-electron chi connectivity index (χ0n) is 16.5. The lowest BCUT2D eigenvalue weighted by Gasteiger charge is -2.41.